The molecule has 67 valence electrons. The number of nitrogens with zero attached hydrogens (tertiary/aromatic N) is 1. The summed E-state index contributed by atoms with van der Waals surface area (Å²) in [7, 11) is 0. The maximum atomic E-state index is 9.08. The minimum absolute atomic E-state index is 0. The maximum Gasteiger partial charge on any atom is 0.0330 e. The second-order valence-electron chi connectivity index (χ2n) is 2.87. The summed E-state index contributed by atoms with van der Waals surface area (Å²) in [4.78, 5) is 4.13. The van der Waals surface area contributed by atoms with E-state index in [1.54, 1.807) is 0 Å². The van der Waals surface area contributed by atoms with Gasteiger partial charge in [-0.25, -0.2) is 0 Å². The molecule has 0 aliphatic rings. The number of hydrogen-bond donors (Lipinski definition) is 1. The van der Waals surface area contributed by atoms with Crippen molar-refractivity contribution in [2.45, 2.75) is 20.8 Å². The van der Waals surface area contributed by atoms with E-state index in [4.69, 9.17) is 5.11 Å². The van der Waals surface area contributed by atoms with Crippen LogP contribution in [0.15, 0.2) is 6.58 Å². The molecule has 0 saturated carbocycles. The fourth-order valence-corrected chi connectivity index (χ4v) is 0.959. The summed E-state index contributed by atoms with van der Waals surface area (Å²) in [6.07, 6.45) is 0. The third-order valence-corrected chi connectivity index (χ3v) is 1.96. The molecule has 0 aliphatic carbocycles. The molecule has 0 aliphatic heterocycles. The Bertz CT molecular complexity index is 311. The predicted molar refractivity (Wildman–Crippen MR) is 48.9 cm³/mol. The normalized spacial score (nSPS) is 9.15. The number of aliphatic hydroxyl groups excluding tert-OH is 1. The van der Waals surface area contributed by atoms with Crippen LogP contribution in [0.25, 0.3) is 5.76 Å². The average molecular weight is 251 g/mol. The molecule has 0 saturated heterocycles. The Morgan fingerprint density at radius 2 is 1.92 bits per heavy atom. The van der Waals surface area contributed by atoms with Crippen molar-refractivity contribution in [2.75, 3.05) is 0 Å². The molecule has 1 heterocycles. The SMILES string of the molecule is C=C(O)c1[c-]c(C)c(C)c(C)n1.[Y]. The largest absolute Gasteiger partial charge is 0.563 e. The molecule has 1 radical (unpaired) electrons. The zero-order valence-corrected chi connectivity index (χ0v) is 11.0. The molecule has 1 N–H and O–H groups in total. The summed E-state index contributed by atoms with van der Waals surface area (Å²) in [5.74, 6) is -0.0267. The molecule has 1 rings (SSSR count). The van der Waals surface area contributed by atoms with Crippen LogP contribution in [-0.2, 0) is 32.7 Å². The fraction of sp³-hybridized carbons (Fsp3) is 0.300. The molecule has 0 amide bonds. The van der Waals surface area contributed by atoms with Gasteiger partial charge in [0.05, 0.1) is 0 Å². The molecule has 1 aromatic rings. The van der Waals surface area contributed by atoms with E-state index in [1.165, 1.54) is 0 Å². The summed E-state index contributed by atoms with van der Waals surface area (Å²) in [6, 6.07) is 2.96. The number of rotatable bonds is 1. The third-order valence-electron chi connectivity index (χ3n) is 1.96. The topological polar surface area (TPSA) is 33.1 Å². The van der Waals surface area contributed by atoms with Crippen LogP contribution in [0.4, 0.5) is 0 Å². The molecule has 3 heteroatoms. The summed E-state index contributed by atoms with van der Waals surface area (Å²) < 4.78 is 0. The van der Waals surface area contributed by atoms with Crippen LogP contribution in [0.3, 0.4) is 0 Å². The van der Waals surface area contributed by atoms with E-state index in [0.717, 1.165) is 16.8 Å². The number of aromatic nitrogens is 1. The van der Waals surface area contributed by atoms with Crippen molar-refractivity contribution in [1.29, 1.82) is 0 Å². The van der Waals surface area contributed by atoms with Crippen LogP contribution in [-0.4, -0.2) is 10.1 Å². The van der Waals surface area contributed by atoms with Crippen molar-refractivity contribution in [3.8, 4) is 0 Å². The van der Waals surface area contributed by atoms with Crippen molar-refractivity contribution < 1.29 is 37.8 Å². The van der Waals surface area contributed by atoms with E-state index in [9.17, 15) is 0 Å². The Balaban J connectivity index is 0.00000144. The minimum Gasteiger partial charge on any atom is -0.563 e. The molecule has 0 unspecified atom stereocenters. The molecule has 0 bridgehead atoms. The first-order valence-electron chi connectivity index (χ1n) is 3.77. The van der Waals surface area contributed by atoms with Crippen molar-refractivity contribution in [3.05, 3.63) is 35.2 Å². The van der Waals surface area contributed by atoms with Crippen LogP contribution in [0.5, 0.6) is 0 Å². The second kappa shape index (κ2) is 4.87. The van der Waals surface area contributed by atoms with Crippen LogP contribution in [0.2, 0.25) is 0 Å². The van der Waals surface area contributed by atoms with Gasteiger partial charge < -0.3 is 5.11 Å². The van der Waals surface area contributed by atoms with Crippen molar-refractivity contribution in [3.63, 3.8) is 0 Å². The average Bonchev–Trinajstić information content (AvgIpc) is 1.99. The van der Waals surface area contributed by atoms with Gasteiger partial charge in [0, 0.05) is 38.5 Å². The van der Waals surface area contributed by atoms with Crippen molar-refractivity contribution in [2.24, 2.45) is 0 Å². The second-order valence-corrected chi connectivity index (χ2v) is 2.87. The van der Waals surface area contributed by atoms with Crippen LogP contribution >= 0.6 is 0 Å². The van der Waals surface area contributed by atoms with Crippen LogP contribution in [0, 0.1) is 26.8 Å². The molecule has 1 aromatic heterocycles. The van der Waals surface area contributed by atoms with Gasteiger partial charge in [0.15, 0.2) is 0 Å². The Kier molecular flexibility index (Phi) is 4.79. The minimum atomic E-state index is -0.0267. The maximum absolute atomic E-state index is 9.08. The van der Waals surface area contributed by atoms with Gasteiger partial charge in [-0.15, -0.1) is 18.2 Å². The van der Waals surface area contributed by atoms with E-state index in [1.807, 2.05) is 20.8 Å². The summed E-state index contributed by atoms with van der Waals surface area (Å²) in [5.41, 5.74) is 3.47. The quantitative estimate of drug-likeness (QED) is 0.613. The molecule has 0 spiro atoms. The summed E-state index contributed by atoms with van der Waals surface area (Å²) >= 11 is 0. The molecular formula is C10H12NOY-. The van der Waals surface area contributed by atoms with Gasteiger partial charge in [0.2, 0.25) is 0 Å². The van der Waals surface area contributed by atoms with Gasteiger partial charge in [-0.3, -0.25) is 4.98 Å². The first-order chi connectivity index (χ1) is 5.52. The van der Waals surface area contributed by atoms with Gasteiger partial charge in [-0.05, 0) is 18.3 Å². The fourth-order valence-electron chi connectivity index (χ4n) is 0.959. The smallest absolute Gasteiger partial charge is 0.0330 e. The van der Waals surface area contributed by atoms with E-state index >= 15 is 0 Å². The Morgan fingerprint density at radius 1 is 1.38 bits per heavy atom. The van der Waals surface area contributed by atoms with Gasteiger partial charge >= 0.3 is 0 Å². The first-order valence-corrected chi connectivity index (χ1v) is 3.77. The van der Waals surface area contributed by atoms with E-state index in [0.29, 0.717) is 5.69 Å². The van der Waals surface area contributed by atoms with Gasteiger partial charge in [0.1, 0.15) is 0 Å². The number of hydrogen-bond acceptors (Lipinski definition) is 2. The van der Waals surface area contributed by atoms with Crippen LogP contribution in [0.1, 0.15) is 22.5 Å². The van der Waals surface area contributed by atoms with Gasteiger partial charge in [-0.2, -0.15) is 5.56 Å². The molecule has 0 fully saturated rings. The number of aliphatic hydroxyl groups is 1. The Hall–Kier alpha value is -0.206. The summed E-state index contributed by atoms with van der Waals surface area (Å²) in [6.45, 7) is 9.23. The molecule has 13 heavy (non-hydrogen) atoms. The van der Waals surface area contributed by atoms with E-state index in [2.05, 4.69) is 17.6 Å². The van der Waals surface area contributed by atoms with E-state index < -0.39 is 0 Å². The van der Waals surface area contributed by atoms with Gasteiger partial charge in [0.25, 0.3) is 0 Å². The van der Waals surface area contributed by atoms with Crippen molar-refractivity contribution in [1.82, 2.24) is 4.98 Å². The monoisotopic (exact) mass is 251 g/mol. The number of aryl methyl sites for hydroxylation is 2. The standard InChI is InChI=1S/C10H12NO.Y/c1-6-5-10(9(4)12)11-8(3)7(6)2;/h12H,4H2,1-3H3;/q-1;. The zero-order valence-electron chi connectivity index (χ0n) is 8.18. The first kappa shape index (κ1) is 12.8. The Labute approximate surface area is 104 Å². The zero-order chi connectivity index (χ0) is 9.30. The molecular weight excluding hydrogens is 239 g/mol. The molecule has 0 aromatic carbocycles. The predicted octanol–water partition coefficient (Wildman–Crippen LogP) is 2.33. The van der Waals surface area contributed by atoms with Crippen molar-refractivity contribution >= 4 is 5.76 Å². The molecule has 0 atom stereocenters. The third kappa shape index (κ3) is 2.89. The van der Waals surface area contributed by atoms with Crippen LogP contribution < -0.4 is 0 Å². The Morgan fingerprint density at radius 3 is 2.31 bits per heavy atom. The van der Waals surface area contributed by atoms with E-state index in [-0.39, 0.29) is 38.5 Å². The molecule has 2 nitrogen and oxygen atoms in total. The summed E-state index contributed by atoms with van der Waals surface area (Å²) in [5, 5.41) is 9.08. The van der Waals surface area contributed by atoms with Gasteiger partial charge in [-0.1, -0.05) is 13.8 Å². The number of pyridine rings is 1.